The zero-order valence-corrected chi connectivity index (χ0v) is 12.3. The molecule has 118 valence electrons. The number of hydrogen-bond donors (Lipinski definition) is 1. The molecular weight excluding hydrogens is 298 g/mol. The SMILES string of the molecule is O=C(O)c1cccc(C(=O)N2CCN(c3ncccn3)CC2)n1. The molecule has 1 saturated heterocycles. The molecular formula is C15H15N5O3. The maximum absolute atomic E-state index is 12.4. The largest absolute Gasteiger partial charge is 0.477 e. The van der Waals surface area contributed by atoms with Crippen LogP contribution in [0, 0.1) is 0 Å². The number of carboxylic acid groups (broad SMARTS) is 1. The first kappa shape index (κ1) is 14.9. The van der Waals surface area contributed by atoms with E-state index in [9.17, 15) is 9.59 Å². The Balaban J connectivity index is 1.66. The lowest BCUT2D eigenvalue weighted by Gasteiger charge is -2.34. The summed E-state index contributed by atoms with van der Waals surface area (Å²) < 4.78 is 0. The summed E-state index contributed by atoms with van der Waals surface area (Å²) in [5.74, 6) is -0.766. The van der Waals surface area contributed by atoms with E-state index in [0.717, 1.165) is 0 Å². The zero-order valence-electron chi connectivity index (χ0n) is 12.3. The van der Waals surface area contributed by atoms with E-state index in [-0.39, 0.29) is 17.3 Å². The van der Waals surface area contributed by atoms with E-state index in [0.29, 0.717) is 32.1 Å². The van der Waals surface area contributed by atoms with Crippen LogP contribution in [0.5, 0.6) is 0 Å². The molecule has 2 aromatic heterocycles. The Morgan fingerprint density at radius 2 is 1.61 bits per heavy atom. The highest BCUT2D eigenvalue weighted by Gasteiger charge is 2.24. The van der Waals surface area contributed by atoms with Gasteiger partial charge in [0, 0.05) is 38.6 Å². The van der Waals surface area contributed by atoms with Gasteiger partial charge in [0.25, 0.3) is 5.91 Å². The average molecular weight is 313 g/mol. The first-order valence-corrected chi connectivity index (χ1v) is 7.17. The molecule has 8 heteroatoms. The molecule has 0 spiro atoms. The number of pyridine rings is 1. The van der Waals surface area contributed by atoms with Gasteiger partial charge < -0.3 is 14.9 Å². The molecule has 0 bridgehead atoms. The monoisotopic (exact) mass is 313 g/mol. The summed E-state index contributed by atoms with van der Waals surface area (Å²) in [4.78, 5) is 39.3. The smallest absolute Gasteiger partial charge is 0.354 e. The molecule has 3 rings (SSSR count). The maximum Gasteiger partial charge on any atom is 0.354 e. The summed E-state index contributed by atoms with van der Waals surface area (Å²) in [6.45, 7) is 2.26. The number of rotatable bonds is 3. The Labute approximate surface area is 132 Å². The Morgan fingerprint density at radius 3 is 2.26 bits per heavy atom. The fourth-order valence-electron chi connectivity index (χ4n) is 2.40. The van der Waals surface area contributed by atoms with Crippen molar-refractivity contribution in [3.63, 3.8) is 0 Å². The van der Waals surface area contributed by atoms with Gasteiger partial charge in [0.1, 0.15) is 11.4 Å². The summed E-state index contributed by atoms with van der Waals surface area (Å²) >= 11 is 0. The summed E-state index contributed by atoms with van der Waals surface area (Å²) in [5, 5.41) is 8.95. The van der Waals surface area contributed by atoms with Gasteiger partial charge >= 0.3 is 5.97 Å². The molecule has 1 fully saturated rings. The van der Waals surface area contributed by atoms with Crippen molar-refractivity contribution in [2.75, 3.05) is 31.1 Å². The van der Waals surface area contributed by atoms with E-state index in [1.807, 2.05) is 4.90 Å². The third kappa shape index (κ3) is 3.25. The number of carboxylic acids is 1. The molecule has 8 nitrogen and oxygen atoms in total. The van der Waals surface area contributed by atoms with Crippen LogP contribution in [0.25, 0.3) is 0 Å². The van der Waals surface area contributed by atoms with E-state index < -0.39 is 5.97 Å². The molecule has 1 N–H and O–H groups in total. The van der Waals surface area contributed by atoms with Crippen molar-refractivity contribution in [3.05, 3.63) is 48.0 Å². The molecule has 1 aliphatic rings. The topological polar surface area (TPSA) is 99.5 Å². The van der Waals surface area contributed by atoms with Crippen LogP contribution in [-0.2, 0) is 0 Å². The summed E-state index contributed by atoms with van der Waals surface area (Å²) in [7, 11) is 0. The predicted octanol–water partition coefficient (Wildman–Crippen LogP) is 0.532. The lowest BCUT2D eigenvalue weighted by Crippen LogP contribution is -2.49. The lowest BCUT2D eigenvalue weighted by atomic mass is 10.2. The van der Waals surface area contributed by atoms with Crippen LogP contribution >= 0.6 is 0 Å². The second-order valence-electron chi connectivity index (χ2n) is 5.04. The van der Waals surface area contributed by atoms with Crippen molar-refractivity contribution in [2.24, 2.45) is 0 Å². The molecule has 1 aliphatic heterocycles. The third-order valence-corrected chi connectivity index (χ3v) is 3.59. The van der Waals surface area contributed by atoms with Crippen molar-refractivity contribution in [2.45, 2.75) is 0 Å². The second kappa shape index (κ2) is 6.39. The molecule has 3 heterocycles. The van der Waals surface area contributed by atoms with Crippen LogP contribution in [0.1, 0.15) is 21.0 Å². The Bertz CT molecular complexity index is 714. The quantitative estimate of drug-likeness (QED) is 0.882. The van der Waals surface area contributed by atoms with Gasteiger partial charge in [0.05, 0.1) is 0 Å². The van der Waals surface area contributed by atoms with Crippen LogP contribution in [0.15, 0.2) is 36.7 Å². The van der Waals surface area contributed by atoms with E-state index >= 15 is 0 Å². The molecule has 0 unspecified atom stereocenters. The molecule has 23 heavy (non-hydrogen) atoms. The summed E-state index contributed by atoms with van der Waals surface area (Å²) in [6.07, 6.45) is 3.36. The van der Waals surface area contributed by atoms with Gasteiger partial charge in [-0.05, 0) is 18.2 Å². The molecule has 0 aromatic carbocycles. The molecule has 2 aromatic rings. The van der Waals surface area contributed by atoms with Crippen molar-refractivity contribution in [1.82, 2.24) is 19.9 Å². The van der Waals surface area contributed by atoms with Crippen molar-refractivity contribution < 1.29 is 14.7 Å². The first-order valence-electron chi connectivity index (χ1n) is 7.17. The van der Waals surface area contributed by atoms with Gasteiger partial charge in [-0.1, -0.05) is 6.07 Å². The number of aromatic carboxylic acids is 1. The first-order chi connectivity index (χ1) is 11.1. The van der Waals surface area contributed by atoms with E-state index in [2.05, 4.69) is 15.0 Å². The van der Waals surface area contributed by atoms with Crippen molar-refractivity contribution >= 4 is 17.8 Å². The van der Waals surface area contributed by atoms with E-state index in [4.69, 9.17) is 5.11 Å². The van der Waals surface area contributed by atoms with E-state index in [1.165, 1.54) is 18.2 Å². The fraction of sp³-hybridized carbons (Fsp3) is 0.267. The third-order valence-electron chi connectivity index (χ3n) is 3.59. The number of hydrogen-bond acceptors (Lipinski definition) is 6. The molecule has 0 atom stereocenters. The van der Waals surface area contributed by atoms with Gasteiger partial charge in [-0.2, -0.15) is 0 Å². The molecule has 1 amide bonds. The standard InChI is InChI=1S/C15H15N5O3/c21-13(11-3-1-4-12(18-11)14(22)23)19-7-9-20(10-8-19)15-16-5-2-6-17-15/h1-6H,7-10H2,(H,22,23). The van der Waals surface area contributed by atoms with E-state index in [1.54, 1.807) is 23.4 Å². The van der Waals surface area contributed by atoms with Gasteiger partial charge in [-0.15, -0.1) is 0 Å². The number of anilines is 1. The highest BCUT2D eigenvalue weighted by atomic mass is 16.4. The van der Waals surface area contributed by atoms with Crippen LogP contribution in [0.2, 0.25) is 0 Å². The van der Waals surface area contributed by atoms with Gasteiger partial charge in [-0.3, -0.25) is 4.79 Å². The van der Waals surface area contributed by atoms with Crippen LogP contribution in [-0.4, -0.2) is 63.0 Å². The predicted molar refractivity (Wildman–Crippen MR) is 81.3 cm³/mol. The van der Waals surface area contributed by atoms with Crippen molar-refractivity contribution in [3.8, 4) is 0 Å². The number of piperazine rings is 1. The number of aromatic nitrogens is 3. The number of carbonyl (C=O) groups is 2. The maximum atomic E-state index is 12.4. The molecule has 0 saturated carbocycles. The Kier molecular flexibility index (Phi) is 4.13. The second-order valence-corrected chi connectivity index (χ2v) is 5.04. The van der Waals surface area contributed by atoms with Crippen LogP contribution in [0.4, 0.5) is 5.95 Å². The lowest BCUT2D eigenvalue weighted by molar-refractivity contribution is 0.0689. The molecule has 0 aliphatic carbocycles. The summed E-state index contributed by atoms with van der Waals surface area (Å²) in [5.41, 5.74) is 0.0153. The molecule has 0 radical (unpaired) electrons. The normalized spacial score (nSPS) is 14.6. The number of carbonyl (C=O) groups excluding carboxylic acids is 1. The minimum atomic E-state index is -1.15. The number of amides is 1. The average Bonchev–Trinajstić information content (AvgIpc) is 2.62. The Hall–Kier alpha value is -3.03. The van der Waals surface area contributed by atoms with Crippen LogP contribution in [0.3, 0.4) is 0 Å². The van der Waals surface area contributed by atoms with Crippen LogP contribution < -0.4 is 4.90 Å². The zero-order chi connectivity index (χ0) is 16.2. The van der Waals surface area contributed by atoms with Gasteiger partial charge in [0.15, 0.2) is 0 Å². The minimum Gasteiger partial charge on any atom is -0.477 e. The fourth-order valence-corrected chi connectivity index (χ4v) is 2.40. The van der Waals surface area contributed by atoms with Crippen molar-refractivity contribution in [1.29, 1.82) is 0 Å². The Morgan fingerprint density at radius 1 is 0.957 bits per heavy atom. The highest BCUT2D eigenvalue weighted by Crippen LogP contribution is 2.12. The highest BCUT2D eigenvalue weighted by molar-refractivity contribution is 5.94. The van der Waals surface area contributed by atoms with Gasteiger partial charge in [-0.25, -0.2) is 19.7 Å². The summed E-state index contributed by atoms with van der Waals surface area (Å²) in [6, 6.07) is 6.17. The van der Waals surface area contributed by atoms with Gasteiger partial charge in [0.2, 0.25) is 5.95 Å². The minimum absolute atomic E-state index is 0.132. The number of nitrogens with zero attached hydrogens (tertiary/aromatic N) is 5.